The lowest BCUT2D eigenvalue weighted by atomic mass is 9.87. The molecule has 0 aromatic heterocycles. The lowest BCUT2D eigenvalue weighted by Gasteiger charge is -2.32. The van der Waals surface area contributed by atoms with Gasteiger partial charge in [0.25, 0.3) is 0 Å². The number of nitrogens with one attached hydrogen (secondary N) is 2. The van der Waals surface area contributed by atoms with Crippen LogP contribution < -0.4 is 20.1 Å². The average molecular weight is 480 g/mol. The van der Waals surface area contributed by atoms with E-state index in [4.69, 9.17) is 9.47 Å². The van der Waals surface area contributed by atoms with Crippen molar-refractivity contribution >= 4 is 11.9 Å². The number of urea groups is 1. The average Bonchev–Trinajstić information content (AvgIpc) is 2.86. The molecule has 35 heavy (non-hydrogen) atoms. The third kappa shape index (κ3) is 5.72. The molecule has 0 radical (unpaired) electrons. The minimum absolute atomic E-state index is 0.0108. The third-order valence-corrected chi connectivity index (χ3v) is 7.01. The Morgan fingerprint density at radius 3 is 2.46 bits per heavy atom. The lowest BCUT2D eigenvalue weighted by molar-refractivity contribution is -0.124. The second-order valence-electron chi connectivity index (χ2n) is 9.93. The van der Waals surface area contributed by atoms with Gasteiger partial charge in [0, 0.05) is 13.1 Å². The van der Waals surface area contributed by atoms with E-state index in [1.807, 2.05) is 24.3 Å². The van der Waals surface area contributed by atoms with Gasteiger partial charge < -0.3 is 25.0 Å². The number of benzene rings is 2. The summed E-state index contributed by atoms with van der Waals surface area (Å²) < 4.78 is 10.9. The Hall–Kier alpha value is -3.22. The van der Waals surface area contributed by atoms with Crippen molar-refractivity contribution in [2.24, 2.45) is 5.92 Å². The molecular formula is C28H37N3O4. The molecule has 0 fully saturated rings. The predicted octanol–water partition coefficient (Wildman–Crippen LogP) is 4.38. The van der Waals surface area contributed by atoms with Gasteiger partial charge in [0.15, 0.2) is 11.5 Å². The van der Waals surface area contributed by atoms with Gasteiger partial charge in [0.2, 0.25) is 5.91 Å². The standard InChI is InChI=1S/C28H37N3O4/c1-18(2)14-24(27(32)29-23-11-7-9-19-8-5-6-10-22(19)23)30-28(33)31-13-12-20-15-25(34-3)26(35-4)16-21(20)17-31/h5-6,8,10,15-16,18,23-24H,7,9,11-14,17H2,1-4H3,(H,29,32)(H,30,33). The third-order valence-electron chi connectivity index (χ3n) is 7.01. The largest absolute Gasteiger partial charge is 0.493 e. The second-order valence-corrected chi connectivity index (χ2v) is 9.93. The summed E-state index contributed by atoms with van der Waals surface area (Å²) in [4.78, 5) is 28.4. The van der Waals surface area contributed by atoms with E-state index in [-0.39, 0.29) is 23.9 Å². The van der Waals surface area contributed by atoms with Gasteiger partial charge in [0.1, 0.15) is 6.04 Å². The summed E-state index contributed by atoms with van der Waals surface area (Å²) in [6.45, 7) is 5.19. The van der Waals surface area contributed by atoms with E-state index in [0.29, 0.717) is 31.0 Å². The Kier molecular flexibility index (Phi) is 7.83. The Morgan fingerprint density at radius 1 is 1.03 bits per heavy atom. The molecular weight excluding hydrogens is 442 g/mol. The molecule has 3 amide bonds. The minimum Gasteiger partial charge on any atom is -0.493 e. The molecule has 2 unspecified atom stereocenters. The second kappa shape index (κ2) is 11.0. The molecule has 1 aliphatic carbocycles. The number of methoxy groups -OCH3 is 2. The van der Waals surface area contributed by atoms with Gasteiger partial charge in [-0.15, -0.1) is 0 Å². The number of carbonyl (C=O) groups is 2. The molecule has 2 aliphatic rings. The number of aryl methyl sites for hydroxylation is 1. The number of hydrogen-bond donors (Lipinski definition) is 2. The van der Waals surface area contributed by atoms with Crippen LogP contribution in [-0.4, -0.2) is 43.6 Å². The molecule has 2 N–H and O–H groups in total. The number of carbonyl (C=O) groups excluding carboxylic acids is 2. The van der Waals surface area contributed by atoms with Crippen molar-refractivity contribution in [3.8, 4) is 11.5 Å². The summed E-state index contributed by atoms with van der Waals surface area (Å²) in [5.41, 5.74) is 4.68. The molecule has 2 aromatic rings. The Balaban J connectivity index is 1.44. The van der Waals surface area contributed by atoms with Crippen molar-refractivity contribution in [3.63, 3.8) is 0 Å². The van der Waals surface area contributed by atoms with Gasteiger partial charge >= 0.3 is 6.03 Å². The van der Waals surface area contributed by atoms with Crippen LogP contribution in [0.5, 0.6) is 11.5 Å². The molecule has 2 atom stereocenters. The SMILES string of the molecule is COc1cc2c(cc1OC)CN(C(=O)NC(CC(C)C)C(=O)NC1CCCc3ccccc31)CC2. The molecule has 0 bridgehead atoms. The number of amides is 3. The first-order valence-corrected chi connectivity index (χ1v) is 12.6. The van der Waals surface area contributed by atoms with Crippen molar-refractivity contribution < 1.29 is 19.1 Å². The van der Waals surface area contributed by atoms with Crippen LogP contribution >= 0.6 is 0 Å². The molecule has 1 aliphatic heterocycles. The zero-order valence-electron chi connectivity index (χ0n) is 21.2. The number of nitrogens with zero attached hydrogens (tertiary/aromatic N) is 1. The zero-order chi connectivity index (χ0) is 24.9. The van der Waals surface area contributed by atoms with Crippen LogP contribution in [0.15, 0.2) is 36.4 Å². The monoisotopic (exact) mass is 479 g/mol. The first kappa shape index (κ1) is 24.9. The summed E-state index contributed by atoms with van der Waals surface area (Å²) in [5, 5.41) is 6.26. The highest BCUT2D eigenvalue weighted by atomic mass is 16.5. The van der Waals surface area contributed by atoms with E-state index in [1.165, 1.54) is 11.1 Å². The van der Waals surface area contributed by atoms with Crippen molar-refractivity contribution in [2.75, 3.05) is 20.8 Å². The van der Waals surface area contributed by atoms with E-state index in [0.717, 1.165) is 36.8 Å². The molecule has 4 rings (SSSR count). The predicted molar refractivity (Wildman–Crippen MR) is 136 cm³/mol. The molecule has 188 valence electrons. The quantitative estimate of drug-likeness (QED) is 0.618. The van der Waals surface area contributed by atoms with Crippen LogP contribution in [0.4, 0.5) is 4.79 Å². The smallest absolute Gasteiger partial charge is 0.318 e. The van der Waals surface area contributed by atoms with E-state index >= 15 is 0 Å². The van der Waals surface area contributed by atoms with Crippen molar-refractivity contribution in [2.45, 2.75) is 64.6 Å². The molecule has 7 heteroatoms. The summed E-state index contributed by atoms with van der Waals surface area (Å²) in [5.74, 6) is 1.50. The highest BCUT2D eigenvalue weighted by molar-refractivity contribution is 5.87. The van der Waals surface area contributed by atoms with Gasteiger partial charge in [-0.2, -0.15) is 0 Å². The number of fused-ring (bicyclic) bond motifs is 2. The molecule has 1 heterocycles. The highest BCUT2D eigenvalue weighted by Gasteiger charge is 2.30. The van der Waals surface area contributed by atoms with Gasteiger partial charge in [-0.25, -0.2) is 4.79 Å². The fraction of sp³-hybridized carbons (Fsp3) is 0.500. The van der Waals surface area contributed by atoms with Gasteiger partial charge in [0.05, 0.1) is 20.3 Å². The zero-order valence-corrected chi connectivity index (χ0v) is 21.2. The summed E-state index contributed by atoms with van der Waals surface area (Å²) in [6, 6.07) is 11.4. The minimum atomic E-state index is -0.580. The summed E-state index contributed by atoms with van der Waals surface area (Å²) in [6.07, 6.45) is 4.32. The van der Waals surface area contributed by atoms with Crippen LogP contribution in [0.2, 0.25) is 0 Å². The summed E-state index contributed by atoms with van der Waals surface area (Å²) in [7, 11) is 3.23. The Morgan fingerprint density at radius 2 is 1.74 bits per heavy atom. The van der Waals surface area contributed by atoms with E-state index < -0.39 is 6.04 Å². The fourth-order valence-corrected chi connectivity index (χ4v) is 5.18. The molecule has 7 nitrogen and oxygen atoms in total. The van der Waals surface area contributed by atoms with Crippen LogP contribution in [-0.2, 0) is 24.2 Å². The van der Waals surface area contributed by atoms with Crippen LogP contribution in [0.3, 0.4) is 0 Å². The van der Waals surface area contributed by atoms with Crippen molar-refractivity contribution in [1.29, 1.82) is 0 Å². The first-order chi connectivity index (χ1) is 16.9. The van der Waals surface area contributed by atoms with Gasteiger partial charge in [-0.05, 0) is 72.4 Å². The normalized spacial score (nSPS) is 17.7. The van der Waals surface area contributed by atoms with E-state index in [1.54, 1.807) is 19.1 Å². The maximum absolute atomic E-state index is 13.4. The van der Waals surface area contributed by atoms with Crippen molar-refractivity contribution in [1.82, 2.24) is 15.5 Å². The Labute approximate surface area is 208 Å². The molecule has 2 aromatic carbocycles. The lowest BCUT2D eigenvalue weighted by Crippen LogP contribution is -2.53. The summed E-state index contributed by atoms with van der Waals surface area (Å²) >= 11 is 0. The van der Waals surface area contributed by atoms with E-state index in [2.05, 4.69) is 36.6 Å². The fourth-order valence-electron chi connectivity index (χ4n) is 5.18. The van der Waals surface area contributed by atoms with E-state index in [9.17, 15) is 9.59 Å². The maximum Gasteiger partial charge on any atom is 0.318 e. The number of rotatable bonds is 7. The molecule has 0 spiro atoms. The number of ether oxygens (including phenoxy) is 2. The molecule has 0 saturated carbocycles. The first-order valence-electron chi connectivity index (χ1n) is 12.6. The van der Waals surface area contributed by atoms with Crippen LogP contribution in [0, 0.1) is 5.92 Å². The topological polar surface area (TPSA) is 79.9 Å². The highest BCUT2D eigenvalue weighted by Crippen LogP contribution is 2.33. The Bertz CT molecular complexity index is 1070. The maximum atomic E-state index is 13.4. The number of hydrogen-bond acceptors (Lipinski definition) is 4. The van der Waals surface area contributed by atoms with Gasteiger partial charge in [-0.3, -0.25) is 4.79 Å². The molecule has 0 saturated heterocycles. The van der Waals surface area contributed by atoms with Crippen LogP contribution in [0.1, 0.15) is 61.4 Å². The van der Waals surface area contributed by atoms with Crippen LogP contribution in [0.25, 0.3) is 0 Å². The van der Waals surface area contributed by atoms with Crippen molar-refractivity contribution in [3.05, 3.63) is 58.7 Å². The van der Waals surface area contributed by atoms with Gasteiger partial charge in [-0.1, -0.05) is 38.1 Å².